The predicted octanol–water partition coefficient (Wildman–Crippen LogP) is 9.33. The second kappa shape index (κ2) is 17.9. The third kappa shape index (κ3) is 11.4. The molecule has 0 saturated heterocycles. The van der Waals surface area contributed by atoms with Crippen LogP contribution in [0.15, 0.2) is 54.2 Å². The quantitative estimate of drug-likeness (QED) is 0.108. The zero-order valence-electron chi connectivity index (χ0n) is 25.4. The molecule has 0 bridgehead atoms. The molecule has 2 aromatic carbocycles. The van der Waals surface area contributed by atoms with E-state index in [1.807, 2.05) is 17.0 Å². The standard InChI is InChI=1S/C35H51N2O2S/c1-5-6-7-8-9-10-11-12-13-14-15-16-22-39-35-24-33(21-20-29(35)2)27-37(31(4)38)34-19-17-18-32(23-34)26-36-25-30(3)40-28-36/h17-21,23-25,28H,5-16,22,26-27H2,1-4H3/q+1. The lowest BCUT2D eigenvalue weighted by molar-refractivity contribution is -0.683. The van der Waals surface area contributed by atoms with E-state index in [9.17, 15) is 4.79 Å². The molecule has 1 aromatic heterocycles. The van der Waals surface area contributed by atoms with Gasteiger partial charge in [-0.3, -0.25) is 4.79 Å². The number of aromatic nitrogens is 1. The molecule has 0 N–H and O–H groups in total. The van der Waals surface area contributed by atoms with Crippen LogP contribution in [0.3, 0.4) is 0 Å². The van der Waals surface area contributed by atoms with E-state index >= 15 is 0 Å². The molecule has 0 fully saturated rings. The van der Waals surface area contributed by atoms with E-state index in [2.05, 4.69) is 67.4 Å². The highest BCUT2D eigenvalue weighted by molar-refractivity contribution is 7.09. The summed E-state index contributed by atoms with van der Waals surface area (Å²) in [5, 5.41) is 0. The summed E-state index contributed by atoms with van der Waals surface area (Å²) in [6, 6.07) is 14.6. The van der Waals surface area contributed by atoms with Crippen LogP contribution in [0.4, 0.5) is 5.69 Å². The zero-order valence-corrected chi connectivity index (χ0v) is 26.2. The molecular formula is C35H51N2O2S+. The molecule has 0 spiro atoms. The molecule has 0 saturated carbocycles. The Morgan fingerprint density at radius 2 is 1.52 bits per heavy atom. The molecule has 4 nitrogen and oxygen atoms in total. The van der Waals surface area contributed by atoms with Crippen molar-refractivity contribution < 1.29 is 14.1 Å². The van der Waals surface area contributed by atoms with Crippen LogP contribution < -0.4 is 14.2 Å². The summed E-state index contributed by atoms with van der Waals surface area (Å²) in [5.74, 6) is 0.970. The van der Waals surface area contributed by atoms with E-state index in [1.54, 1.807) is 18.3 Å². The molecule has 40 heavy (non-hydrogen) atoms. The minimum Gasteiger partial charge on any atom is -0.493 e. The number of thiazole rings is 1. The van der Waals surface area contributed by atoms with Crippen molar-refractivity contribution in [1.29, 1.82) is 0 Å². The maximum absolute atomic E-state index is 12.7. The maximum Gasteiger partial charge on any atom is 0.225 e. The highest BCUT2D eigenvalue weighted by atomic mass is 32.1. The Bertz CT molecular complexity index is 1160. The van der Waals surface area contributed by atoms with Crippen molar-refractivity contribution in [2.45, 2.75) is 118 Å². The first-order valence-electron chi connectivity index (χ1n) is 15.5. The van der Waals surface area contributed by atoms with Gasteiger partial charge in [0.2, 0.25) is 11.4 Å². The summed E-state index contributed by atoms with van der Waals surface area (Å²) >= 11 is 1.74. The Balaban J connectivity index is 1.44. The summed E-state index contributed by atoms with van der Waals surface area (Å²) in [6.07, 6.45) is 18.3. The topological polar surface area (TPSA) is 33.4 Å². The van der Waals surface area contributed by atoms with Crippen LogP contribution in [-0.2, 0) is 17.9 Å². The largest absolute Gasteiger partial charge is 0.493 e. The molecule has 5 heteroatoms. The summed E-state index contributed by atoms with van der Waals surface area (Å²) in [5.41, 5.74) is 6.47. The minimum atomic E-state index is 0.0377. The lowest BCUT2D eigenvalue weighted by Gasteiger charge is -2.22. The van der Waals surface area contributed by atoms with Gasteiger partial charge >= 0.3 is 0 Å². The smallest absolute Gasteiger partial charge is 0.225 e. The van der Waals surface area contributed by atoms with Gasteiger partial charge in [-0.2, -0.15) is 4.57 Å². The second-order valence-electron chi connectivity index (χ2n) is 11.2. The van der Waals surface area contributed by atoms with E-state index in [1.165, 1.54) is 81.1 Å². The van der Waals surface area contributed by atoms with Gasteiger partial charge in [0.05, 0.1) is 18.0 Å². The van der Waals surface area contributed by atoms with Gasteiger partial charge in [-0.05, 0) is 49.6 Å². The summed E-state index contributed by atoms with van der Waals surface area (Å²) in [7, 11) is 0. The van der Waals surface area contributed by atoms with Crippen LogP contribution in [-0.4, -0.2) is 12.5 Å². The molecule has 218 valence electrons. The molecule has 0 aliphatic heterocycles. The number of amides is 1. The second-order valence-corrected chi connectivity index (χ2v) is 12.3. The molecule has 0 aliphatic rings. The Morgan fingerprint density at radius 1 is 0.850 bits per heavy atom. The Labute approximate surface area is 247 Å². The van der Waals surface area contributed by atoms with Gasteiger partial charge in [0.1, 0.15) is 5.75 Å². The van der Waals surface area contributed by atoms with Gasteiger partial charge in [-0.25, -0.2) is 0 Å². The van der Waals surface area contributed by atoms with Crippen molar-refractivity contribution in [2.24, 2.45) is 0 Å². The fraction of sp³-hybridized carbons (Fsp3) is 0.543. The molecule has 0 atom stereocenters. The first-order chi connectivity index (χ1) is 19.5. The van der Waals surface area contributed by atoms with Crippen molar-refractivity contribution in [3.8, 4) is 5.75 Å². The van der Waals surface area contributed by atoms with Gasteiger partial charge < -0.3 is 9.64 Å². The number of carbonyl (C=O) groups excluding carboxylic acids is 1. The first-order valence-corrected chi connectivity index (χ1v) is 16.4. The highest BCUT2D eigenvalue weighted by Gasteiger charge is 2.15. The highest BCUT2D eigenvalue weighted by Crippen LogP contribution is 2.24. The molecule has 1 amide bonds. The predicted molar refractivity (Wildman–Crippen MR) is 169 cm³/mol. The monoisotopic (exact) mass is 563 g/mol. The number of anilines is 1. The molecule has 1 heterocycles. The number of aryl methyl sites for hydroxylation is 2. The number of hydrogen-bond acceptors (Lipinski definition) is 3. The summed E-state index contributed by atoms with van der Waals surface area (Å²) in [4.78, 5) is 15.8. The number of rotatable bonds is 19. The molecule has 3 aromatic rings. The van der Waals surface area contributed by atoms with E-state index in [0.29, 0.717) is 6.54 Å². The average molecular weight is 564 g/mol. The minimum absolute atomic E-state index is 0.0377. The van der Waals surface area contributed by atoms with Gasteiger partial charge in [0.15, 0.2) is 12.7 Å². The Hall–Kier alpha value is -2.66. The van der Waals surface area contributed by atoms with Crippen molar-refractivity contribution in [1.82, 2.24) is 0 Å². The maximum atomic E-state index is 12.7. The molecular weight excluding hydrogens is 512 g/mol. The average Bonchev–Trinajstić information content (AvgIpc) is 3.35. The van der Waals surface area contributed by atoms with E-state index in [-0.39, 0.29) is 5.91 Å². The van der Waals surface area contributed by atoms with Gasteiger partial charge in [0, 0.05) is 18.2 Å². The lowest BCUT2D eigenvalue weighted by Crippen LogP contribution is -2.31. The van der Waals surface area contributed by atoms with Crippen molar-refractivity contribution >= 4 is 22.9 Å². The Morgan fingerprint density at radius 3 is 2.15 bits per heavy atom. The van der Waals surface area contributed by atoms with E-state index in [4.69, 9.17) is 4.74 Å². The van der Waals surface area contributed by atoms with Crippen LogP contribution in [0.5, 0.6) is 5.75 Å². The number of benzene rings is 2. The van der Waals surface area contributed by atoms with E-state index in [0.717, 1.165) is 42.1 Å². The van der Waals surface area contributed by atoms with Crippen molar-refractivity contribution in [2.75, 3.05) is 11.5 Å². The van der Waals surface area contributed by atoms with Crippen molar-refractivity contribution in [3.63, 3.8) is 0 Å². The van der Waals surface area contributed by atoms with Crippen LogP contribution in [0.25, 0.3) is 0 Å². The molecule has 3 rings (SSSR count). The molecule has 0 aliphatic carbocycles. The third-order valence-electron chi connectivity index (χ3n) is 7.54. The van der Waals surface area contributed by atoms with Crippen LogP contribution in [0.1, 0.15) is 112 Å². The lowest BCUT2D eigenvalue weighted by atomic mass is 10.1. The Kier molecular flexibility index (Phi) is 14.3. The number of nitrogens with zero attached hydrogens (tertiary/aromatic N) is 2. The van der Waals surface area contributed by atoms with Crippen molar-refractivity contribution in [3.05, 3.63) is 75.7 Å². The number of carbonyl (C=O) groups is 1. The SMILES string of the molecule is CCCCCCCCCCCCCCOc1cc(CN(C(C)=O)c2cccc(C[n+]3csc(C)c3)c2)ccc1C. The van der Waals surface area contributed by atoms with Gasteiger partial charge in [0.25, 0.3) is 0 Å². The normalized spacial score (nSPS) is 11.1. The van der Waals surface area contributed by atoms with Crippen LogP contribution in [0, 0.1) is 13.8 Å². The van der Waals surface area contributed by atoms with E-state index < -0.39 is 0 Å². The van der Waals surface area contributed by atoms with Crippen LogP contribution in [0.2, 0.25) is 0 Å². The first kappa shape index (κ1) is 31.9. The third-order valence-corrected chi connectivity index (χ3v) is 8.39. The van der Waals surface area contributed by atoms with Crippen LogP contribution >= 0.6 is 11.3 Å². The zero-order chi connectivity index (χ0) is 28.6. The number of hydrogen-bond donors (Lipinski definition) is 0. The molecule has 0 unspecified atom stereocenters. The summed E-state index contributed by atoms with van der Waals surface area (Å²) < 4.78 is 8.39. The number of ether oxygens (including phenoxy) is 1. The fourth-order valence-electron chi connectivity index (χ4n) is 5.15. The summed E-state index contributed by atoms with van der Waals surface area (Å²) in [6.45, 7) is 10.2. The van der Waals surface area contributed by atoms with Gasteiger partial charge in [-0.1, -0.05) is 113 Å². The van der Waals surface area contributed by atoms with Gasteiger partial charge in [-0.15, -0.1) is 0 Å². The number of unbranched alkanes of at least 4 members (excludes halogenated alkanes) is 11. The fourth-order valence-corrected chi connectivity index (χ4v) is 5.79. The molecule has 0 radical (unpaired) electrons.